The molecular weight excluding hydrogens is 232 g/mol. The predicted octanol–water partition coefficient (Wildman–Crippen LogP) is 1.38. The third kappa shape index (κ3) is 2.56. The molecule has 2 unspecified atom stereocenters. The maximum Gasteiger partial charge on any atom is 0.228 e. The van der Waals surface area contributed by atoms with Crippen molar-refractivity contribution in [3.8, 4) is 11.5 Å². The van der Waals surface area contributed by atoms with Gasteiger partial charge in [-0.15, -0.1) is 0 Å². The third-order valence-electron chi connectivity index (χ3n) is 3.03. The molecule has 2 atom stereocenters. The molecule has 0 aliphatic carbocycles. The van der Waals surface area contributed by atoms with Crippen LogP contribution in [0.2, 0.25) is 0 Å². The number of amides is 1. The van der Waals surface area contributed by atoms with Crippen molar-refractivity contribution in [3.05, 3.63) is 18.2 Å². The van der Waals surface area contributed by atoms with Gasteiger partial charge in [0.25, 0.3) is 0 Å². The fraction of sp³-hybridized carbons (Fsp3) is 0.462. The number of nitrogens with two attached hydrogens (primary N) is 1. The molecule has 1 aromatic carbocycles. The van der Waals surface area contributed by atoms with Crippen molar-refractivity contribution in [2.24, 2.45) is 11.7 Å². The summed E-state index contributed by atoms with van der Waals surface area (Å²) in [7, 11) is 0. The van der Waals surface area contributed by atoms with Crippen LogP contribution in [0.25, 0.3) is 0 Å². The van der Waals surface area contributed by atoms with Gasteiger partial charge in [0.1, 0.15) is 13.2 Å². The minimum Gasteiger partial charge on any atom is -0.486 e. The minimum absolute atomic E-state index is 0.118. The van der Waals surface area contributed by atoms with Gasteiger partial charge in [0, 0.05) is 6.04 Å². The maximum absolute atomic E-state index is 12.0. The molecular formula is C13H18N2O3. The molecule has 5 nitrogen and oxygen atoms in total. The average molecular weight is 250 g/mol. The molecule has 1 heterocycles. The molecule has 0 aromatic heterocycles. The van der Waals surface area contributed by atoms with Crippen molar-refractivity contribution in [2.75, 3.05) is 18.5 Å². The number of hydrogen-bond acceptors (Lipinski definition) is 4. The van der Waals surface area contributed by atoms with Crippen molar-refractivity contribution in [1.82, 2.24) is 0 Å². The van der Waals surface area contributed by atoms with Crippen LogP contribution in [-0.4, -0.2) is 25.2 Å². The Labute approximate surface area is 106 Å². The van der Waals surface area contributed by atoms with Crippen molar-refractivity contribution >= 4 is 11.6 Å². The van der Waals surface area contributed by atoms with Crippen LogP contribution in [0.15, 0.2) is 18.2 Å². The Morgan fingerprint density at radius 1 is 1.33 bits per heavy atom. The second-order valence-corrected chi connectivity index (χ2v) is 4.47. The first-order chi connectivity index (χ1) is 8.59. The standard InChI is InChI=1S/C13H18N2O3/c1-8(9(2)14)13(16)15-10-4-3-5-11-12(10)18-7-6-17-11/h3-5,8-9H,6-7,14H2,1-2H3,(H,15,16). The smallest absolute Gasteiger partial charge is 0.228 e. The number of nitrogens with one attached hydrogen (secondary N) is 1. The number of para-hydroxylation sites is 1. The first-order valence-electron chi connectivity index (χ1n) is 6.04. The van der Waals surface area contributed by atoms with Crippen molar-refractivity contribution in [1.29, 1.82) is 0 Å². The van der Waals surface area contributed by atoms with Gasteiger partial charge in [0.15, 0.2) is 11.5 Å². The van der Waals surface area contributed by atoms with E-state index in [4.69, 9.17) is 15.2 Å². The van der Waals surface area contributed by atoms with Gasteiger partial charge in [-0.2, -0.15) is 0 Å². The van der Waals surface area contributed by atoms with Crippen LogP contribution in [0.4, 0.5) is 5.69 Å². The monoisotopic (exact) mass is 250 g/mol. The highest BCUT2D eigenvalue weighted by Gasteiger charge is 2.21. The number of hydrogen-bond donors (Lipinski definition) is 2. The number of fused-ring (bicyclic) bond motifs is 1. The van der Waals surface area contributed by atoms with E-state index in [1.807, 2.05) is 19.1 Å². The Morgan fingerprint density at radius 2 is 2.06 bits per heavy atom. The molecule has 0 saturated carbocycles. The first kappa shape index (κ1) is 12.7. The topological polar surface area (TPSA) is 73.6 Å². The second kappa shape index (κ2) is 5.27. The average Bonchev–Trinajstić information content (AvgIpc) is 2.38. The van der Waals surface area contributed by atoms with E-state index in [2.05, 4.69) is 5.32 Å². The normalized spacial score (nSPS) is 16.8. The Kier molecular flexibility index (Phi) is 3.72. The van der Waals surface area contributed by atoms with Gasteiger partial charge in [-0.1, -0.05) is 13.0 Å². The SMILES string of the molecule is CC(N)C(C)C(=O)Nc1cccc2c1OCCO2. The van der Waals surface area contributed by atoms with E-state index >= 15 is 0 Å². The highest BCUT2D eigenvalue weighted by molar-refractivity contribution is 5.94. The van der Waals surface area contributed by atoms with E-state index in [0.29, 0.717) is 30.4 Å². The van der Waals surface area contributed by atoms with Crippen LogP contribution in [-0.2, 0) is 4.79 Å². The molecule has 1 aromatic rings. The van der Waals surface area contributed by atoms with Gasteiger partial charge in [-0.05, 0) is 19.1 Å². The van der Waals surface area contributed by atoms with Crippen LogP contribution in [0.3, 0.4) is 0 Å². The lowest BCUT2D eigenvalue weighted by atomic mass is 10.0. The largest absolute Gasteiger partial charge is 0.486 e. The lowest BCUT2D eigenvalue weighted by Crippen LogP contribution is -2.34. The molecule has 1 amide bonds. The molecule has 0 spiro atoms. The Hall–Kier alpha value is -1.75. The van der Waals surface area contributed by atoms with Gasteiger partial charge in [-0.3, -0.25) is 4.79 Å². The van der Waals surface area contributed by atoms with Gasteiger partial charge in [0.2, 0.25) is 5.91 Å². The molecule has 5 heteroatoms. The summed E-state index contributed by atoms with van der Waals surface area (Å²) in [6.07, 6.45) is 0. The van der Waals surface area contributed by atoms with E-state index < -0.39 is 0 Å². The van der Waals surface area contributed by atoms with Gasteiger partial charge in [0.05, 0.1) is 11.6 Å². The fourth-order valence-corrected chi connectivity index (χ4v) is 1.66. The summed E-state index contributed by atoms with van der Waals surface area (Å²) >= 11 is 0. The Balaban J connectivity index is 2.17. The molecule has 0 fully saturated rings. The number of carbonyl (C=O) groups excluding carboxylic acids is 1. The van der Waals surface area contributed by atoms with Gasteiger partial charge < -0.3 is 20.5 Å². The van der Waals surface area contributed by atoms with E-state index in [9.17, 15) is 4.79 Å². The summed E-state index contributed by atoms with van der Waals surface area (Å²) in [6, 6.07) is 5.24. The molecule has 18 heavy (non-hydrogen) atoms. The number of anilines is 1. The Bertz CT molecular complexity index is 446. The summed E-state index contributed by atoms with van der Waals surface area (Å²) < 4.78 is 11.0. The predicted molar refractivity (Wildman–Crippen MR) is 68.9 cm³/mol. The van der Waals surface area contributed by atoms with E-state index in [-0.39, 0.29) is 17.9 Å². The highest BCUT2D eigenvalue weighted by Crippen LogP contribution is 2.37. The zero-order chi connectivity index (χ0) is 13.1. The van der Waals surface area contributed by atoms with E-state index in [1.54, 1.807) is 13.0 Å². The number of carbonyl (C=O) groups is 1. The second-order valence-electron chi connectivity index (χ2n) is 4.47. The van der Waals surface area contributed by atoms with Crippen LogP contribution in [0.5, 0.6) is 11.5 Å². The summed E-state index contributed by atoms with van der Waals surface area (Å²) in [5, 5.41) is 2.83. The maximum atomic E-state index is 12.0. The lowest BCUT2D eigenvalue weighted by Gasteiger charge is -2.22. The summed E-state index contributed by atoms with van der Waals surface area (Å²) in [5.74, 6) is 0.874. The zero-order valence-corrected chi connectivity index (χ0v) is 10.6. The highest BCUT2D eigenvalue weighted by atomic mass is 16.6. The molecule has 0 bridgehead atoms. The Morgan fingerprint density at radius 3 is 2.78 bits per heavy atom. The molecule has 1 aliphatic rings. The van der Waals surface area contributed by atoms with Crippen LogP contribution in [0.1, 0.15) is 13.8 Å². The van der Waals surface area contributed by atoms with Crippen LogP contribution in [0, 0.1) is 5.92 Å². The quantitative estimate of drug-likeness (QED) is 0.850. The van der Waals surface area contributed by atoms with Crippen molar-refractivity contribution in [3.63, 3.8) is 0 Å². The summed E-state index contributed by atoms with van der Waals surface area (Å²) in [5.41, 5.74) is 6.34. The number of ether oxygens (including phenoxy) is 2. The van der Waals surface area contributed by atoms with Gasteiger partial charge in [-0.25, -0.2) is 0 Å². The molecule has 2 rings (SSSR count). The zero-order valence-electron chi connectivity index (χ0n) is 10.6. The number of benzene rings is 1. The van der Waals surface area contributed by atoms with E-state index in [1.165, 1.54) is 0 Å². The molecule has 0 radical (unpaired) electrons. The summed E-state index contributed by atoms with van der Waals surface area (Å²) in [4.78, 5) is 12.0. The van der Waals surface area contributed by atoms with Gasteiger partial charge >= 0.3 is 0 Å². The number of rotatable bonds is 3. The summed E-state index contributed by atoms with van der Waals surface area (Å²) in [6.45, 7) is 4.63. The first-order valence-corrected chi connectivity index (χ1v) is 6.04. The minimum atomic E-state index is -0.259. The van der Waals surface area contributed by atoms with Crippen LogP contribution >= 0.6 is 0 Å². The van der Waals surface area contributed by atoms with Crippen LogP contribution < -0.4 is 20.5 Å². The molecule has 3 N–H and O–H groups in total. The molecule has 98 valence electrons. The fourth-order valence-electron chi connectivity index (χ4n) is 1.66. The molecule has 0 saturated heterocycles. The molecule has 1 aliphatic heterocycles. The van der Waals surface area contributed by atoms with Crippen molar-refractivity contribution < 1.29 is 14.3 Å². The van der Waals surface area contributed by atoms with Crippen molar-refractivity contribution in [2.45, 2.75) is 19.9 Å². The lowest BCUT2D eigenvalue weighted by molar-refractivity contribution is -0.119. The third-order valence-corrected chi connectivity index (χ3v) is 3.03. The van der Waals surface area contributed by atoms with E-state index in [0.717, 1.165) is 0 Å².